The van der Waals surface area contributed by atoms with Gasteiger partial charge >= 0.3 is 0 Å². The number of nitrogens with one attached hydrogen (secondary N) is 1. The van der Waals surface area contributed by atoms with Crippen LogP contribution in [0.4, 0.5) is 0 Å². The average Bonchev–Trinajstić information content (AvgIpc) is 2.50. The Labute approximate surface area is 124 Å². The Balaban J connectivity index is 2.29. The molecule has 0 aliphatic heterocycles. The number of hydrogen-bond donors (Lipinski definition) is 2. The van der Waals surface area contributed by atoms with Gasteiger partial charge in [0.2, 0.25) is 5.88 Å². The molecule has 1 aromatic heterocycles. The van der Waals surface area contributed by atoms with Crippen LogP contribution in [0.25, 0.3) is 0 Å². The van der Waals surface area contributed by atoms with Crippen LogP contribution in [0.2, 0.25) is 0 Å². The highest BCUT2D eigenvalue weighted by Crippen LogP contribution is 2.22. The third-order valence-electron chi connectivity index (χ3n) is 2.70. The first-order valence-corrected chi connectivity index (χ1v) is 6.83. The van der Waals surface area contributed by atoms with E-state index >= 15 is 0 Å². The molecule has 1 heterocycles. The minimum Gasteiger partial charge on any atom is -0.438 e. The Kier molecular flexibility index (Phi) is 5.29. The van der Waals surface area contributed by atoms with Gasteiger partial charge in [0.1, 0.15) is 5.75 Å². The molecule has 0 aliphatic carbocycles. The van der Waals surface area contributed by atoms with E-state index in [4.69, 9.17) is 4.74 Å². The Morgan fingerprint density at radius 3 is 2.67 bits per heavy atom. The number of hydroxylamine groups is 1. The first-order chi connectivity index (χ1) is 10.2. The standard InChI is InChI=1S/C16H19N3O2/c1-12(2)11-18-15(19-20)14-9-6-10-17-16(14)21-13-7-4-3-5-8-13/h3-10,12,20H,11H2,1-2H3,(H,18,19). The number of ether oxygens (including phenoxy) is 1. The molecule has 0 unspecified atom stereocenters. The smallest absolute Gasteiger partial charge is 0.230 e. The lowest BCUT2D eigenvalue weighted by atomic mass is 10.2. The van der Waals surface area contributed by atoms with Crippen molar-refractivity contribution in [3.8, 4) is 11.6 Å². The highest BCUT2D eigenvalue weighted by Gasteiger charge is 2.12. The van der Waals surface area contributed by atoms with Gasteiger partial charge in [-0.3, -0.25) is 15.7 Å². The molecule has 1 aromatic carbocycles. The topological polar surface area (TPSA) is 66.7 Å². The van der Waals surface area contributed by atoms with E-state index in [0.717, 1.165) is 0 Å². The summed E-state index contributed by atoms with van der Waals surface area (Å²) >= 11 is 0. The van der Waals surface area contributed by atoms with E-state index in [2.05, 4.69) is 29.3 Å². The van der Waals surface area contributed by atoms with Crippen LogP contribution in [0.3, 0.4) is 0 Å². The maximum atomic E-state index is 9.32. The minimum absolute atomic E-state index is 0.350. The summed E-state index contributed by atoms with van der Waals surface area (Å²) in [6, 6.07) is 12.9. The monoisotopic (exact) mass is 285 g/mol. The van der Waals surface area contributed by atoms with E-state index in [-0.39, 0.29) is 0 Å². The van der Waals surface area contributed by atoms with E-state index in [1.807, 2.05) is 30.3 Å². The summed E-state index contributed by atoms with van der Waals surface area (Å²) in [6.45, 7) is 4.72. The molecule has 0 saturated heterocycles. The molecule has 2 rings (SSSR count). The van der Waals surface area contributed by atoms with Gasteiger partial charge in [-0.25, -0.2) is 4.98 Å². The van der Waals surface area contributed by atoms with Gasteiger partial charge in [0.15, 0.2) is 5.84 Å². The molecule has 2 aromatic rings. The fraction of sp³-hybridized carbons (Fsp3) is 0.250. The fourth-order valence-corrected chi connectivity index (χ4v) is 1.71. The molecule has 110 valence electrons. The van der Waals surface area contributed by atoms with Gasteiger partial charge in [-0.05, 0) is 30.2 Å². The summed E-state index contributed by atoms with van der Waals surface area (Å²) in [7, 11) is 0. The molecule has 5 nitrogen and oxygen atoms in total. The lowest BCUT2D eigenvalue weighted by molar-refractivity contribution is 0.234. The molecule has 0 radical (unpaired) electrons. The number of amidine groups is 1. The molecule has 5 heteroatoms. The number of nitrogens with zero attached hydrogens (tertiary/aromatic N) is 2. The number of aromatic nitrogens is 1. The van der Waals surface area contributed by atoms with Crippen LogP contribution in [0, 0.1) is 5.92 Å². The third-order valence-corrected chi connectivity index (χ3v) is 2.70. The lowest BCUT2D eigenvalue weighted by Gasteiger charge is -2.11. The summed E-state index contributed by atoms with van der Waals surface area (Å²) in [5, 5.41) is 9.32. The van der Waals surface area contributed by atoms with Crippen LogP contribution in [0.5, 0.6) is 11.6 Å². The van der Waals surface area contributed by atoms with Crippen LogP contribution in [0.15, 0.2) is 53.7 Å². The maximum absolute atomic E-state index is 9.32. The van der Waals surface area contributed by atoms with Crippen molar-refractivity contribution in [2.75, 3.05) is 6.54 Å². The molecule has 2 N–H and O–H groups in total. The van der Waals surface area contributed by atoms with Gasteiger partial charge < -0.3 is 4.74 Å². The van der Waals surface area contributed by atoms with Gasteiger partial charge in [0, 0.05) is 12.7 Å². The summed E-state index contributed by atoms with van der Waals surface area (Å²) in [5.41, 5.74) is 2.75. The lowest BCUT2D eigenvalue weighted by Crippen LogP contribution is -2.22. The molecule has 21 heavy (non-hydrogen) atoms. The Morgan fingerprint density at radius 2 is 2.00 bits per heavy atom. The van der Waals surface area contributed by atoms with Gasteiger partial charge in [0.05, 0.1) is 5.56 Å². The zero-order valence-corrected chi connectivity index (χ0v) is 12.2. The van der Waals surface area contributed by atoms with E-state index in [9.17, 15) is 5.21 Å². The zero-order chi connectivity index (χ0) is 15.1. The van der Waals surface area contributed by atoms with Gasteiger partial charge in [-0.15, -0.1) is 0 Å². The van der Waals surface area contributed by atoms with E-state index in [1.165, 1.54) is 0 Å². The Bertz CT molecular complexity index is 597. The zero-order valence-electron chi connectivity index (χ0n) is 12.2. The van der Waals surface area contributed by atoms with Crippen molar-refractivity contribution < 1.29 is 9.94 Å². The summed E-state index contributed by atoms with van der Waals surface area (Å²) < 4.78 is 5.76. The first kappa shape index (κ1) is 15.0. The number of benzene rings is 1. The Morgan fingerprint density at radius 1 is 1.24 bits per heavy atom. The van der Waals surface area contributed by atoms with Crippen molar-refractivity contribution in [3.63, 3.8) is 0 Å². The van der Waals surface area contributed by atoms with Crippen molar-refractivity contribution in [1.29, 1.82) is 0 Å². The second kappa shape index (κ2) is 7.40. The van der Waals surface area contributed by atoms with Crippen molar-refractivity contribution in [2.45, 2.75) is 13.8 Å². The highest BCUT2D eigenvalue weighted by atomic mass is 16.5. The predicted molar refractivity (Wildman–Crippen MR) is 81.9 cm³/mol. The molecule has 0 spiro atoms. The molecular formula is C16H19N3O2. The van der Waals surface area contributed by atoms with Gasteiger partial charge in [-0.2, -0.15) is 0 Å². The largest absolute Gasteiger partial charge is 0.438 e. The van der Waals surface area contributed by atoms with Crippen molar-refractivity contribution in [3.05, 3.63) is 54.2 Å². The van der Waals surface area contributed by atoms with E-state index in [1.54, 1.807) is 18.3 Å². The van der Waals surface area contributed by atoms with Crippen molar-refractivity contribution in [2.24, 2.45) is 10.9 Å². The SMILES string of the molecule is CC(C)CN=C(NO)c1cccnc1Oc1ccccc1. The van der Waals surface area contributed by atoms with Crippen LogP contribution in [-0.4, -0.2) is 22.6 Å². The van der Waals surface area contributed by atoms with Gasteiger partial charge in [-0.1, -0.05) is 32.0 Å². The van der Waals surface area contributed by atoms with Crippen molar-refractivity contribution >= 4 is 5.84 Å². The second-order valence-electron chi connectivity index (χ2n) is 4.97. The number of aliphatic imine (C=N–C) groups is 1. The second-order valence-corrected chi connectivity index (χ2v) is 4.97. The molecular weight excluding hydrogens is 266 g/mol. The first-order valence-electron chi connectivity index (χ1n) is 6.83. The molecule has 0 fully saturated rings. The van der Waals surface area contributed by atoms with E-state index in [0.29, 0.717) is 35.5 Å². The number of rotatable bonds is 5. The minimum atomic E-state index is 0.350. The van der Waals surface area contributed by atoms with Gasteiger partial charge in [0.25, 0.3) is 0 Å². The summed E-state index contributed by atoms with van der Waals surface area (Å²) in [5.74, 6) is 1.82. The van der Waals surface area contributed by atoms with Crippen LogP contribution >= 0.6 is 0 Å². The fourth-order valence-electron chi connectivity index (χ4n) is 1.71. The molecule has 0 atom stereocenters. The normalized spacial score (nSPS) is 11.5. The maximum Gasteiger partial charge on any atom is 0.230 e. The molecule has 0 saturated carbocycles. The number of pyridine rings is 1. The summed E-state index contributed by atoms with van der Waals surface area (Å²) in [4.78, 5) is 8.57. The average molecular weight is 285 g/mol. The van der Waals surface area contributed by atoms with E-state index < -0.39 is 0 Å². The number of para-hydroxylation sites is 1. The van der Waals surface area contributed by atoms with Crippen LogP contribution in [0.1, 0.15) is 19.4 Å². The van der Waals surface area contributed by atoms with Crippen molar-refractivity contribution in [1.82, 2.24) is 10.5 Å². The number of hydrogen-bond acceptors (Lipinski definition) is 4. The van der Waals surface area contributed by atoms with Crippen LogP contribution < -0.4 is 10.2 Å². The predicted octanol–water partition coefficient (Wildman–Crippen LogP) is 3.26. The third kappa shape index (κ3) is 4.29. The molecule has 0 bridgehead atoms. The summed E-state index contributed by atoms with van der Waals surface area (Å²) in [6.07, 6.45) is 1.64. The van der Waals surface area contributed by atoms with Crippen LogP contribution in [-0.2, 0) is 0 Å². The quantitative estimate of drug-likeness (QED) is 0.503. The molecule has 0 amide bonds. The molecule has 0 aliphatic rings. The Hall–Kier alpha value is -2.40. The highest BCUT2D eigenvalue weighted by molar-refractivity contribution is 6.00.